The van der Waals surface area contributed by atoms with Crippen LogP contribution in [0.3, 0.4) is 0 Å². The van der Waals surface area contributed by atoms with E-state index in [-0.39, 0.29) is 29.2 Å². The maximum absolute atomic E-state index is 12.0. The molecule has 1 saturated carbocycles. The van der Waals surface area contributed by atoms with E-state index in [9.17, 15) is 14.4 Å². The predicted octanol–water partition coefficient (Wildman–Crippen LogP) is 1.31. The molecule has 0 unspecified atom stereocenters. The highest BCUT2D eigenvalue weighted by Gasteiger charge is 2.47. The summed E-state index contributed by atoms with van der Waals surface area (Å²) in [6.07, 6.45) is 2.53. The Morgan fingerprint density at radius 3 is 2.24 bits per heavy atom. The van der Waals surface area contributed by atoms with Crippen molar-refractivity contribution in [3.05, 3.63) is 0 Å². The first-order valence-electron chi connectivity index (χ1n) is 6.24. The van der Waals surface area contributed by atoms with E-state index in [0.717, 1.165) is 12.8 Å². The fourth-order valence-corrected chi connectivity index (χ4v) is 2.91. The summed E-state index contributed by atoms with van der Waals surface area (Å²) in [6.45, 7) is 2.93. The van der Waals surface area contributed by atoms with Gasteiger partial charge in [0.1, 0.15) is 5.92 Å². The second kappa shape index (κ2) is 4.69. The first-order chi connectivity index (χ1) is 8.08. The van der Waals surface area contributed by atoms with Crippen molar-refractivity contribution in [2.45, 2.75) is 39.0 Å². The Bertz CT molecular complexity index is 332. The molecule has 1 saturated heterocycles. The van der Waals surface area contributed by atoms with Crippen LogP contribution in [0.4, 0.5) is 0 Å². The molecule has 1 aliphatic carbocycles. The van der Waals surface area contributed by atoms with Crippen LogP contribution in [-0.2, 0) is 19.1 Å². The van der Waals surface area contributed by atoms with Crippen molar-refractivity contribution in [2.24, 2.45) is 11.3 Å². The fraction of sp³-hybridized carbons (Fsp3) is 0.769. The van der Waals surface area contributed by atoms with Gasteiger partial charge in [0.05, 0.1) is 0 Å². The molecular weight excluding hydrogens is 220 g/mol. The Balaban J connectivity index is 2.14. The molecule has 2 aliphatic rings. The van der Waals surface area contributed by atoms with Gasteiger partial charge in [0.15, 0.2) is 17.3 Å². The molecule has 0 bridgehead atoms. The summed E-state index contributed by atoms with van der Waals surface area (Å²) >= 11 is 0. The normalized spacial score (nSPS) is 25.2. The van der Waals surface area contributed by atoms with E-state index >= 15 is 0 Å². The molecule has 94 valence electrons. The first-order valence-corrected chi connectivity index (χ1v) is 6.24. The quantitative estimate of drug-likeness (QED) is 0.680. The van der Waals surface area contributed by atoms with Crippen LogP contribution in [0, 0.1) is 11.3 Å². The maximum atomic E-state index is 12.0. The molecule has 0 amide bonds. The molecule has 0 aromatic rings. The molecule has 0 radical (unpaired) electrons. The van der Waals surface area contributed by atoms with Gasteiger partial charge in [-0.1, -0.05) is 6.92 Å². The highest BCUT2D eigenvalue weighted by Crippen LogP contribution is 2.43. The average molecular weight is 238 g/mol. The Labute approximate surface area is 101 Å². The van der Waals surface area contributed by atoms with Crippen molar-refractivity contribution >= 4 is 17.3 Å². The summed E-state index contributed by atoms with van der Waals surface area (Å²) in [7, 11) is 0. The highest BCUT2D eigenvalue weighted by molar-refractivity contribution is 6.20. The van der Waals surface area contributed by atoms with Gasteiger partial charge in [0.25, 0.3) is 0 Å². The number of carbonyl (C=O) groups is 3. The van der Waals surface area contributed by atoms with Crippen LogP contribution in [0.15, 0.2) is 0 Å². The van der Waals surface area contributed by atoms with Crippen molar-refractivity contribution in [1.82, 2.24) is 0 Å². The molecule has 0 aromatic heterocycles. The maximum Gasteiger partial charge on any atom is 0.151 e. The lowest BCUT2D eigenvalue weighted by Crippen LogP contribution is -2.46. The number of ketones is 3. The van der Waals surface area contributed by atoms with E-state index in [1.54, 1.807) is 6.92 Å². The van der Waals surface area contributed by atoms with Crippen LogP contribution in [0.1, 0.15) is 39.0 Å². The molecule has 1 spiro atoms. The van der Waals surface area contributed by atoms with E-state index < -0.39 is 5.92 Å². The summed E-state index contributed by atoms with van der Waals surface area (Å²) in [5, 5.41) is 0. The highest BCUT2D eigenvalue weighted by atomic mass is 16.5. The molecule has 4 nitrogen and oxygen atoms in total. The molecule has 0 atom stereocenters. The van der Waals surface area contributed by atoms with Crippen LogP contribution in [0.2, 0.25) is 0 Å². The molecule has 1 heterocycles. The first kappa shape index (κ1) is 12.4. The smallest absolute Gasteiger partial charge is 0.151 e. The zero-order chi connectivity index (χ0) is 12.5. The van der Waals surface area contributed by atoms with E-state index in [4.69, 9.17) is 4.74 Å². The van der Waals surface area contributed by atoms with Crippen LogP contribution < -0.4 is 0 Å². The number of ether oxygens (including phenoxy) is 1. The van der Waals surface area contributed by atoms with E-state index in [2.05, 4.69) is 0 Å². The van der Waals surface area contributed by atoms with Gasteiger partial charge in [-0.3, -0.25) is 14.4 Å². The van der Waals surface area contributed by atoms with Gasteiger partial charge in [0, 0.05) is 32.5 Å². The number of hydrogen-bond donors (Lipinski definition) is 0. The Morgan fingerprint density at radius 1 is 1.24 bits per heavy atom. The topological polar surface area (TPSA) is 60.4 Å². The number of Topliss-reactive ketones (excluding diaryl/α,β-unsaturated/α-hetero) is 3. The van der Waals surface area contributed by atoms with Gasteiger partial charge in [-0.15, -0.1) is 0 Å². The van der Waals surface area contributed by atoms with Crippen LogP contribution >= 0.6 is 0 Å². The second-order valence-corrected chi connectivity index (χ2v) is 5.15. The molecule has 4 heteroatoms. The van der Waals surface area contributed by atoms with Gasteiger partial charge in [-0.25, -0.2) is 0 Å². The monoisotopic (exact) mass is 238 g/mol. The summed E-state index contributed by atoms with van der Waals surface area (Å²) < 4.78 is 5.27. The molecule has 2 fully saturated rings. The second-order valence-electron chi connectivity index (χ2n) is 5.15. The van der Waals surface area contributed by atoms with E-state index in [1.807, 2.05) is 0 Å². The van der Waals surface area contributed by atoms with Crippen molar-refractivity contribution in [3.63, 3.8) is 0 Å². The molecular formula is C13H18O4. The molecule has 2 rings (SSSR count). The van der Waals surface area contributed by atoms with Crippen LogP contribution in [0.5, 0.6) is 0 Å². The zero-order valence-electron chi connectivity index (χ0n) is 10.2. The minimum absolute atomic E-state index is 0.171. The molecule has 0 aromatic carbocycles. The lowest BCUT2D eigenvalue weighted by molar-refractivity contribution is -0.148. The summed E-state index contributed by atoms with van der Waals surface area (Å²) in [4.78, 5) is 35.6. The van der Waals surface area contributed by atoms with Crippen LogP contribution in [0.25, 0.3) is 0 Å². The van der Waals surface area contributed by atoms with E-state index in [1.165, 1.54) is 0 Å². The predicted molar refractivity (Wildman–Crippen MR) is 60.5 cm³/mol. The summed E-state index contributed by atoms with van der Waals surface area (Å²) in [6, 6.07) is 0. The van der Waals surface area contributed by atoms with Crippen molar-refractivity contribution < 1.29 is 19.1 Å². The SMILES string of the molecule is CCC(=O)C1C(=O)CC2(CCOCC2)CC1=O. The minimum atomic E-state index is -0.964. The minimum Gasteiger partial charge on any atom is -0.381 e. The Hall–Kier alpha value is -1.03. The third kappa shape index (κ3) is 2.32. The Kier molecular flexibility index (Phi) is 3.43. The molecule has 0 N–H and O–H groups in total. The third-order valence-corrected chi connectivity index (χ3v) is 3.97. The number of hydrogen-bond acceptors (Lipinski definition) is 4. The van der Waals surface area contributed by atoms with E-state index in [0.29, 0.717) is 26.1 Å². The Morgan fingerprint density at radius 2 is 1.76 bits per heavy atom. The fourth-order valence-electron chi connectivity index (χ4n) is 2.91. The zero-order valence-corrected chi connectivity index (χ0v) is 10.2. The molecule has 17 heavy (non-hydrogen) atoms. The number of rotatable bonds is 2. The summed E-state index contributed by atoms with van der Waals surface area (Å²) in [5.74, 6) is -1.53. The number of carbonyl (C=O) groups excluding carboxylic acids is 3. The average Bonchev–Trinajstić information content (AvgIpc) is 2.28. The summed E-state index contributed by atoms with van der Waals surface area (Å²) in [5.41, 5.74) is -0.211. The molecule has 1 aliphatic heterocycles. The van der Waals surface area contributed by atoms with Gasteiger partial charge >= 0.3 is 0 Å². The standard InChI is InChI=1S/C13H18O4/c1-2-9(14)12-10(15)7-13(8-11(12)16)3-5-17-6-4-13/h12H,2-8H2,1H3. The van der Waals surface area contributed by atoms with Crippen molar-refractivity contribution in [1.29, 1.82) is 0 Å². The third-order valence-electron chi connectivity index (χ3n) is 3.97. The lowest BCUT2D eigenvalue weighted by Gasteiger charge is -2.40. The van der Waals surface area contributed by atoms with Gasteiger partial charge < -0.3 is 4.74 Å². The van der Waals surface area contributed by atoms with Gasteiger partial charge in [-0.2, -0.15) is 0 Å². The van der Waals surface area contributed by atoms with Crippen LogP contribution in [-0.4, -0.2) is 30.6 Å². The van der Waals surface area contributed by atoms with Crippen molar-refractivity contribution in [2.75, 3.05) is 13.2 Å². The lowest BCUT2D eigenvalue weighted by atomic mass is 9.64. The van der Waals surface area contributed by atoms with Gasteiger partial charge in [0.2, 0.25) is 0 Å². The van der Waals surface area contributed by atoms with Gasteiger partial charge in [-0.05, 0) is 18.3 Å². The van der Waals surface area contributed by atoms with Crippen molar-refractivity contribution in [3.8, 4) is 0 Å². The largest absolute Gasteiger partial charge is 0.381 e.